The predicted molar refractivity (Wildman–Crippen MR) is 178 cm³/mol. The van der Waals surface area contributed by atoms with E-state index in [9.17, 15) is 46.0 Å². The Kier molecular flexibility index (Phi) is 11.5. The summed E-state index contributed by atoms with van der Waals surface area (Å²) in [5.74, 6) is -0.0687. The van der Waals surface area contributed by atoms with E-state index in [2.05, 4.69) is 20.8 Å². The third kappa shape index (κ3) is 6.73. The molecule has 0 radical (unpaired) electrons. The molecule has 0 bridgehead atoms. The zero-order valence-electron chi connectivity index (χ0n) is 30.3. The van der Waals surface area contributed by atoms with Gasteiger partial charge in [-0.2, -0.15) is 0 Å². The summed E-state index contributed by atoms with van der Waals surface area (Å²) in [5, 5.41) is 97.4. The van der Waals surface area contributed by atoms with Crippen molar-refractivity contribution in [3.8, 4) is 0 Å². The van der Waals surface area contributed by atoms with Gasteiger partial charge in [-0.05, 0) is 91.8 Å². The molecule has 6 rings (SSSR count). The van der Waals surface area contributed by atoms with Crippen molar-refractivity contribution >= 4 is 0 Å². The Hall–Kier alpha value is -0.520. The Bertz CT molecular complexity index is 1160. The van der Waals surface area contributed by atoms with Gasteiger partial charge in [0, 0.05) is 12.3 Å². The minimum absolute atomic E-state index is 0.0430. The number of fused-ring (bicyclic) bond motifs is 5. The van der Waals surface area contributed by atoms with Gasteiger partial charge in [0.05, 0.1) is 43.2 Å². The summed E-state index contributed by atoms with van der Waals surface area (Å²) < 4.78 is 23.0. The Balaban J connectivity index is 1.07. The first kappa shape index (κ1) is 39.2. The van der Waals surface area contributed by atoms with Crippen molar-refractivity contribution in [3.05, 3.63) is 0 Å². The van der Waals surface area contributed by atoms with E-state index in [0.717, 1.165) is 25.7 Å². The molecule has 50 heavy (non-hydrogen) atoms. The van der Waals surface area contributed by atoms with Gasteiger partial charge in [0.25, 0.3) is 0 Å². The summed E-state index contributed by atoms with van der Waals surface area (Å²) in [6.45, 7) is 10.2. The van der Waals surface area contributed by atoms with Gasteiger partial charge < -0.3 is 64.9 Å². The van der Waals surface area contributed by atoms with E-state index < -0.39 is 73.1 Å². The van der Waals surface area contributed by atoms with Gasteiger partial charge in [0.1, 0.15) is 36.6 Å². The molecule has 9 N–H and O–H groups in total. The fourth-order valence-electron chi connectivity index (χ4n) is 11.8. The third-order valence-corrected chi connectivity index (χ3v) is 14.6. The highest BCUT2D eigenvalue weighted by molar-refractivity contribution is 5.20. The van der Waals surface area contributed by atoms with Crippen LogP contribution in [0.4, 0.5) is 0 Å². The summed E-state index contributed by atoms with van der Waals surface area (Å²) in [6, 6.07) is 0. The molecule has 20 atom stereocenters. The van der Waals surface area contributed by atoms with E-state index in [-0.39, 0.29) is 72.1 Å². The van der Waals surface area contributed by atoms with Crippen molar-refractivity contribution in [1.82, 2.24) is 0 Å². The first-order valence-corrected chi connectivity index (χ1v) is 19.1. The molecule has 4 aliphatic carbocycles. The van der Waals surface area contributed by atoms with Crippen LogP contribution < -0.4 is 0 Å². The van der Waals surface area contributed by atoms with E-state index >= 15 is 0 Å². The summed E-state index contributed by atoms with van der Waals surface area (Å²) in [6.07, 6.45) is -6.40. The molecule has 0 aromatic rings. The molecule has 6 aliphatic rings. The molecule has 290 valence electrons. The van der Waals surface area contributed by atoms with Gasteiger partial charge in [-0.1, -0.05) is 34.6 Å². The summed E-state index contributed by atoms with van der Waals surface area (Å²) in [7, 11) is 0. The molecule has 13 nitrogen and oxygen atoms in total. The van der Waals surface area contributed by atoms with Gasteiger partial charge in [0.2, 0.25) is 0 Å². The van der Waals surface area contributed by atoms with Gasteiger partial charge in [-0.25, -0.2) is 0 Å². The van der Waals surface area contributed by atoms with Crippen molar-refractivity contribution in [2.45, 2.75) is 172 Å². The van der Waals surface area contributed by atoms with Crippen molar-refractivity contribution in [2.24, 2.45) is 46.3 Å². The van der Waals surface area contributed by atoms with Crippen molar-refractivity contribution in [3.63, 3.8) is 0 Å². The quantitative estimate of drug-likeness (QED) is 0.150. The number of aliphatic hydroxyl groups is 9. The first-order chi connectivity index (χ1) is 23.4. The van der Waals surface area contributed by atoms with Crippen LogP contribution in [-0.4, -0.2) is 138 Å². The predicted octanol–water partition coefficient (Wildman–Crippen LogP) is 0.423. The fourth-order valence-corrected chi connectivity index (χ4v) is 11.8. The van der Waals surface area contributed by atoms with Crippen molar-refractivity contribution < 1.29 is 64.9 Å². The smallest absolute Gasteiger partial charge is 0.186 e. The SMILES string of the molecule is CC(C)[C@H](CC[C@@H](C)[C@H]1C[C@@H](O)C2[C@]3(O)C[C@H](O)C4C[C@@H](O)CC[C@]4(C)C3CC[C@@]21C)OC1OC(COC2OCC(O)C(O)C2O)C(O)C1O. The molecule has 0 spiro atoms. The fraction of sp³-hybridized carbons (Fsp3) is 1.00. The third-order valence-electron chi connectivity index (χ3n) is 14.6. The van der Waals surface area contributed by atoms with Crippen LogP contribution in [0.15, 0.2) is 0 Å². The number of hydrogen-bond donors (Lipinski definition) is 9. The van der Waals surface area contributed by atoms with E-state index in [0.29, 0.717) is 25.7 Å². The van der Waals surface area contributed by atoms with Crippen LogP contribution in [0.2, 0.25) is 0 Å². The van der Waals surface area contributed by atoms with Gasteiger partial charge in [0.15, 0.2) is 12.6 Å². The Morgan fingerprint density at radius 2 is 1.44 bits per heavy atom. The molecule has 6 fully saturated rings. The first-order valence-electron chi connectivity index (χ1n) is 19.1. The lowest BCUT2D eigenvalue weighted by molar-refractivity contribution is -0.279. The second kappa shape index (κ2) is 14.6. The highest BCUT2D eigenvalue weighted by Gasteiger charge is 2.70. The maximum Gasteiger partial charge on any atom is 0.186 e. The highest BCUT2D eigenvalue weighted by atomic mass is 16.7. The van der Waals surface area contributed by atoms with E-state index in [1.54, 1.807) is 0 Å². The second-order valence-electron chi connectivity index (χ2n) is 17.9. The molecular weight excluding hydrogens is 652 g/mol. The molecule has 2 aliphatic heterocycles. The lowest BCUT2D eigenvalue weighted by atomic mass is 9.42. The van der Waals surface area contributed by atoms with Crippen LogP contribution in [-0.2, 0) is 18.9 Å². The summed E-state index contributed by atoms with van der Waals surface area (Å²) in [5.41, 5.74) is -1.79. The lowest BCUT2D eigenvalue weighted by Gasteiger charge is -2.66. The monoisotopic (exact) mass is 716 g/mol. The van der Waals surface area contributed by atoms with E-state index in [1.165, 1.54) is 0 Å². The zero-order chi connectivity index (χ0) is 36.5. The van der Waals surface area contributed by atoms with Crippen LogP contribution in [0.1, 0.15) is 92.4 Å². The topological polar surface area (TPSA) is 219 Å². The van der Waals surface area contributed by atoms with Crippen LogP contribution in [0.25, 0.3) is 0 Å². The van der Waals surface area contributed by atoms with E-state index in [1.807, 2.05) is 13.8 Å². The normalized spacial score (nSPS) is 53.5. The molecular formula is C37H64O13. The Morgan fingerprint density at radius 1 is 0.760 bits per heavy atom. The van der Waals surface area contributed by atoms with Gasteiger partial charge in [-0.3, -0.25) is 0 Å². The average molecular weight is 717 g/mol. The zero-order valence-corrected chi connectivity index (χ0v) is 30.3. The number of hydrogen-bond acceptors (Lipinski definition) is 13. The molecule has 0 amide bonds. The highest BCUT2D eigenvalue weighted by Crippen LogP contribution is 2.69. The maximum absolute atomic E-state index is 12.6. The van der Waals surface area contributed by atoms with Crippen LogP contribution in [0.5, 0.6) is 0 Å². The molecule has 0 aromatic heterocycles. The van der Waals surface area contributed by atoms with Crippen molar-refractivity contribution in [2.75, 3.05) is 13.2 Å². The maximum atomic E-state index is 12.6. The van der Waals surface area contributed by atoms with Gasteiger partial charge >= 0.3 is 0 Å². The largest absolute Gasteiger partial charge is 0.393 e. The average Bonchev–Trinajstić information content (AvgIpc) is 3.49. The molecule has 4 saturated carbocycles. The Morgan fingerprint density at radius 3 is 2.14 bits per heavy atom. The molecule has 0 aromatic carbocycles. The van der Waals surface area contributed by atoms with Crippen LogP contribution in [0, 0.1) is 46.3 Å². The summed E-state index contributed by atoms with van der Waals surface area (Å²) >= 11 is 0. The second-order valence-corrected chi connectivity index (χ2v) is 17.9. The molecule has 2 saturated heterocycles. The molecule has 13 heteroatoms. The van der Waals surface area contributed by atoms with Crippen molar-refractivity contribution in [1.29, 1.82) is 0 Å². The Labute approximate surface area is 295 Å². The van der Waals surface area contributed by atoms with Crippen LogP contribution in [0.3, 0.4) is 0 Å². The van der Waals surface area contributed by atoms with E-state index in [4.69, 9.17) is 18.9 Å². The lowest BCUT2D eigenvalue weighted by Crippen LogP contribution is -2.68. The number of rotatable bonds is 10. The summed E-state index contributed by atoms with van der Waals surface area (Å²) in [4.78, 5) is 0. The number of aliphatic hydroxyl groups excluding tert-OH is 8. The molecule has 2 heterocycles. The molecule has 11 unspecified atom stereocenters. The minimum atomic E-state index is -1.49. The number of ether oxygens (including phenoxy) is 4. The van der Waals surface area contributed by atoms with Crippen LogP contribution >= 0.6 is 0 Å². The van der Waals surface area contributed by atoms with Gasteiger partial charge in [-0.15, -0.1) is 0 Å². The standard InChI is InChI=1S/C37H64O13/c1-17(2)25(49-34-31(45)29(43)26(50-34)16-48-33-30(44)28(42)24(41)15-47-33)7-6-18(3)20-13-22(39)32-36(20,5)11-9-27-35(4)10-8-19(38)12-21(35)23(40)14-37(27,32)46/h17-34,38-46H,6-16H2,1-5H3/t18-,19+,20-,21?,22-,23+,24?,25+,26?,27?,28?,29?,30?,31?,32?,33?,34?,35+,36-,37+/m1/s1. The minimum Gasteiger partial charge on any atom is -0.393 e.